The molecule has 0 aromatic rings. The third-order valence-corrected chi connectivity index (χ3v) is 2.01. The van der Waals surface area contributed by atoms with Crippen LogP contribution in [0.15, 0.2) is 12.2 Å². The molecule has 0 nitrogen and oxygen atoms in total. The Hall–Kier alpha value is -0.260. The zero-order chi connectivity index (χ0) is 9.07. The highest BCUT2D eigenvalue weighted by Gasteiger charge is 1.84. The van der Waals surface area contributed by atoms with Crippen molar-refractivity contribution in [3.8, 4) is 0 Å². The third-order valence-electron chi connectivity index (χ3n) is 2.01. The smallest absolute Gasteiger partial charge is 0.0351 e. The van der Waals surface area contributed by atoms with E-state index in [-0.39, 0.29) is 0 Å². The van der Waals surface area contributed by atoms with Gasteiger partial charge in [0, 0.05) is 0 Å². The number of allylic oxidation sites excluding steroid dienone is 2. The molecule has 0 fully saturated rings. The first-order valence-corrected chi connectivity index (χ1v) is 5.36. The van der Waals surface area contributed by atoms with Crippen LogP contribution in [0.1, 0.15) is 58.3 Å². The van der Waals surface area contributed by atoms with Crippen LogP contribution in [-0.4, -0.2) is 0 Å². The normalized spacial score (nSPS) is 11.2. The Kier molecular flexibility index (Phi) is 10.5. The standard InChI is InChI=1S/C12H23/c1-3-5-7-9-11-12-10-8-6-4-2/h9,11H,1,3-8,10,12H2,2H3/b11-9+. The van der Waals surface area contributed by atoms with Crippen LogP contribution in [0, 0.1) is 6.92 Å². The molecule has 0 aliphatic carbocycles. The van der Waals surface area contributed by atoms with Gasteiger partial charge >= 0.3 is 0 Å². The van der Waals surface area contributed by atoms with Gasteiger partial charge < -0.3 is 0 Å². The monoisotopic (exact) mass is 167 g/mol. The number of hydrogen-bond donors (Lipinski definition) is 0. The van der Waals surface area contributed by atoms with Crippen molar-refractivity contribution in [2.45, 2.75) is 58.3 Å². The SMILES string of the molecule is [CH2]CCC/C=C/CCCCCC. The van der Waals surface area contributed by atoms with Crippen LogP contribution in [0.4, 0.5) is 0 Å². The summed E-state index contributed by atoms with van der Waals surface area (Å²) in [6.45, 7) is 6.06. The molecular formula is C12H23. The van der Waals surface area contributed by atoms with Crippen LogP contribution in [0.2, 0.25) is 0 Å². The average Bonchev–Trinajstić information content (AvgIpc) is 2.10. The Labute approximate surface area is 78.1 Å². The Morgan fingerprint density at radius 3 is 2.17 bits per heavy atom. The molecule has 0 unspecified atom stereocenters. The first-order valence-electron chi connectivity index (χ1n) is 5.36. The first-order chi connectivity index (χ1) is 5.91. The molecule has 12 heavy (non-hydrogen) atoms. The van der Waals surface area contributed by atoms with Crippen molar-refractivity contribution in [1.82, 2.24) is 0 Å². The van der Waals surface area contributed by atoms with Crippen molar-refractivity contribution >= 4 is 0 Å². The lowest BCUT2D eigenvalue weighted by Crippen LogP contribution is -1.74. The van der Waals surface area contributed by atoms with Crippen LogP contribution in [-0.2, 0) is 0 Å². The van der Waals surface area contributed by atoms with Crippen LogP contribution >= 0.6 is 0 Å². The lowest BCUT2D eigenvalue weighted by molar-refractivity contribution is 0.673. The molecule has 71 valence electrons. The summed E-state index contributed by atoms with van der Waals surface area (Å²) in [6.07, 6.45) is 14.9. The minimum absolute atomic E-state index is 1.07. The molecule has 0 saturated carbocycles. The van der Waals surface area contributed by atoms with Crippen molar-refractivity contribution in [2.24, 2.45) is 0 Å². The van der Waals surface area contributed by atoms with E-state index >= 15 is 0 Å². The zero-order valence-electron chi connectivity index (χ0n) is 8.52. The van der Waals surface area contributed by atoms with Gasteiger partial charge in [0.1, 0.15) is 0 Å². The van der Waals surface area contributed by atoms with E-state index in [1.165, 1.54) is 44.9 Å². The van der Waals surface area contributed by atoms with Crippen molar-refractivity contribution < 1.29 is 0 Å². The number of rotatable bonds is 8. The summed E-state index contributed by atoms with van der Waals surface area (Å²) >= 11 is 0. The van der Waals surface area contributed by atoms with Gasteiger partial charge in [-0.15, -0.1) is 0 Å². The molecule has 0 atom stereocenters. The van der Waals surface area contributed by atoms with Gasteiger partial charge in [-0.05, 0) is 25.7 Å². The lowest BCUT2D eigenvalue weighted by Gasteiger charge is -1.94. The summed E-state index contributed by atoms with van der Waals surface area (Å²) in [4.78, 5) is 0. The van der Waals surface area contributed by atoms with E-state index < -0.39 is 0 Å². The highest BCUT2D eigenvalue weighted by Crippen LogP contribution is 2.03. The van der Waals surface area contributed by atoms with Gasteiger partial charge in [0.25, 0.3) is 0 Å². The maximum Gasteiger partial charge on any atom is -0.0351 e. The average molecular weight is 167 g/mol. The third kappa shape index (κ3) is 9.74. The molecule has 0 heterocycles. The second-order valence-corrected chi connectivity index (χ2v) is 3.32. The van der Waals surface area contributed by atoms with E-state index in [1.807, 2.05) is 0 Å². The Morgan fingerprint density at radius 1 is 0.917 bits per heavy atom. The van der Waals surface area contributed by atoms with E-state index in [2.05, 4.69) is 26.0 Å². The van der Waals surface area contributed by atoms with E-state index in [1.54, 1.807) is 0 Å². The predicted octanol–water partition coefficient (Wildman–Crippen LogP) is 4.52. The highest BCUT2D eigenvalue weighted by atomic mass is 13.9. The van der Waals surface area contributed by atoms with Crippen LogP contribution in [0.25, 0.3) is 0 Å². The summed E-state index contributed by atoms with van der Waals surface area (Å²) in [5.41, 5.74) is 0. The van der Waals surface area contributed by atoms with E-state index in [0.29, 0.717) is 0 Å². The van der Waals surface area contributed by atoms with Crippen LogP contribution in [0.3, 0.4) is 0 Å². The predicted molar refractivity (Wildman–Crippen MR) is 57.1 cm³/mol. The summed E-state index contributed by atoms with van der Waals surface area (Å²) in [7, 11) is 0. The second kappa shape index (κ2) is 10.7. The highest BCUT2D eigenvalue weighted by molar-refractivity contribution is 4.81. The molecule has 0 aromatic carbocycles. The van der Waals surface area contributed by atoms with Crippen molar-refractivity contribution in [2.75, 3.05) is 0 Å². The van der Waals surface area contributed by atoms with Gasteiger partial charge in [0.15, 0.2) is 0 Å². The maximum absolute atomic E-state index is 3.81. The summed E-state index contributed by atoms with van der Waals surface area (Å²) in [6, 6.07) is 0. The molecule has 0 aliphatic heterocycles. The number of unbranched alkanes of at least 4 members (excludes halogenated alkanes) is 6. The molecule has 0 bridgehead atoms. The maximum atomic E-state index is 3.81. The Morgan fingerprint density at radius 2 is 1.58 bits per heavy atom. The first kappa shape index (κ1) is 11.7. The van der Waals surface area contributed by atoms with Crippen LogP contribution < -0.4 is 0 Å². The summed E-state index contributed by atoms with van der Waals surface area (Å²) in [5, 5.41) is 0. The lowest BCUT2D eigenvalue weighted by atomic mass is 10.1. The largest absolute Gasteiger partial charge is 0.0885 e. The fraction of sp³-hybridized carbons (Fsp3) is 0.750. The van der Waals surface area contributed by atoms with Gasteiger partial charge in [-0.25, -0.2) is 0 Å². The van der Waals surface area contributed by atoms with Gasteiger partial charge in [-0.1, -0.05) is 51.7 Å². The van der Waals surface area contributed by atoms with Gasteiger partial charge in [-0.2, -0.15) is 0 Å². The topological polar surface area (TPSA) is 0 Å². The molecule has 0 heteroatoms. The molecule has 0 aliphatic rings. The molecular weight excluding hydrogens is 144 g/mol. The molecule has 0 aromatic heterocycles. The minimum Gasteiger partial charge on any atom is -0.0885 e. The number of hydrogen-bond acceptors (Lipinski definition) is 0. The molecule has 0 spiro atoms. The second-order valence-electron chi connectivity index (χ2n) is 3.32. The zero-order valence-corrected chi connectivity index (χ0v) is 8.52. The Bertz CT molecular complexity index is 92.2. The summed E-state index contributed by atoms with van der Waals surface area (Å²) in [5.74, 6) is 0. The van der Waals surface area contributed by atoms with Crippen molar-refractivity contribution in [3.05, 3.63) is 19.1 Å². The molecule has 1 radical (unpaired) electrons. The van der Waals surface area contributed by atoms with Gasteiger partial charge in [-0.3, -0.25) is 0 Å². The fourth-order valence-corrected chi connectivity index (χ4v) is 1.19. The van der Waals surface area contributed by atoms with Gasteiger partial charge in [0.2, 0.25) is 0 Å². The fourth-order valence-electron chi connectivity index (χ4n) is 1.19. The summed E-state index contributed by atoms with van der Waals surface area (Å²) < 4.78 is 0. The van der Waals surface area contributed by atoms with Gasteiger partial charge in [0.05, 0.1) is 0 Å². The minimum atomic E-state index is 1.07. The van der Waals surface area contributed by atoms with E-state index in [0.717, 1.165) is 6.42 Å². The Balaban J connectivity index is 2.92. The van der Waals surface area contributed by atoms with E-state index in [4.69, 9.17) is 0 Å². The van der Waals surface area contributed by atoms with E-state index in [9.17, 15) is 0 Å². The van der Waals surface area contributed by atoms with Crippen LogP contribution in [0.5, 0.6) is 0 Å². The molecule has 0 saturated heterocycles. The van der Waals surface area contributed by atoms with Crippen molar-refractivity contribution in [3.63, 3.8) is 0 Å². The molecule has 0 amide bonds. The molecule has 0 rings (SSSR count). The quantitative estimate of drug-likeness (QED) is 0.368. The molecule has 0 N–H and O–H groups in total. The van der Waals surface area contributed by atoms with Crippen molar-refractivity contribution in [1.29, 1.82) is 0 Å².